The Morgan fingerprint density at radius 3 is 2.85 bits per heavy atom. The van der Waals surface area contributed by atoms with Crippen LogP contribution in [0.1, 0.15) is 11.6 Å². The van der Waals surface area contributed by atoms with E-state index in [2.05, 4.69) is 15.3 Å². The fourth-order valence-electron chi connectivity index (χ4n) is 1.94. The molecule has 0 aliphatic carbocycles. The van der Waals surface area contributed by atoms with Crippen molar-refractivity contribution in [2.75, 3.05) is 6.54 Å². The molecule has 6 heteroatoms. The third kappa shape index (κ3) is 2.75. The zero-order valence-corrected chi connectivity index (χ0v) is 10.9. The van der Waals surface area contributed by atoms with Gasteiger partial charge in [-0.1, -0.05) is 35.5 Å². The SMILES string of the molecule is NCCc1cn(Cc2ncc(-c3ccccc3)o2)nn1. The highest BCUT2D eigenvalue weighted by Crippen LogP contribution is 2.19. The second kappa shape index (κ2) is 5.66. The normalized spacial score (nSPS) is 10.8. The molecule has 3 aromatic rings. The van der Waals surface area contributed by atoms with Crippen LogP contribution >= 0.6 is 0 Å². The Kier molecular flexibility index (Phi) is 3.56. The van der Waals surface area contributed by atoms with Crippen molar-refractivity contribution in [3.63, 3.8) is 0 Å². The van der Waals surface area contributed by atoms with E-state index in [0.717, 1.165) is 23.4 Å². The number of rotatable bonds is 5. The third-order valence-electron chi connectivity index (χ3n) is 2.90. The quantitative estimate of drug-likeness (QED) is 0.758. The van der Waals surface area contributed by atoms with Crippen LogP contribution in [0.25, 0.3) is 11.3 Å². The monoisotopic (exact) mass is 269 g/mol. The molecule has 0 amide bonds. The molecule has 0 spiro atoms. The summed E-state index contributed by atoms with van der Waals surface area (Å²) < 4.78 is 7.42. The van der Waals surface area contributed by atoms with Gasteiger partial charge in [0.15, 0.2) is 5.76 Å². The molecule has 6 nitrogen and oxygen atoms in total. The van der Waals surface area contributed by atoms with E-state index in [1.54, 1.807) is 10.9 Å². The molecule has 0 unspecified atom stereocenters. The predicted molar refractivity (Wildman–Crippen MR) is 73.8 cm³/mol. The Bertz CT molecular complexity index is 674. The predicted octanol–water partition coefficient (Wildman–Crippen LogP) is 1.48. The number of nitrogens with zero attached hydrogens (tertiary/aromatic N) is 4. The van der Waals surface area contributed by atoms with Gasteiger partial charge in [0.2, 0.25) is 5.89 Å². The summed E-state index contributed by atoms with van der Waals surface area (Å²) in [6.45, 7) is 1.03. The van der Waals surface area contributed by atoms with E-state index in [1.165, 1.54) is 0 Å². The van der Waals surface area contributed by atoms with Crippen LogP contribution in [-0.4, -0.2) is 26.5 Å². The number of oxazole rings is 1. The molecule has 3 rings (SSSR count). The Morgan fingerprint density at radius 2 is 2.05 bits per heavy atom. The zero-order valence-electron chi connectivity index (χ0n) is 10.9. The summed E-state index contributed by atoms with van der Waals surface area (Å²) in [4.78, 5) is 4.26. The fraction of sp³-hybridized carbons (Fsp3) is 0.214. The lowest BCUT2D eigenvalue weighted by atomic mass is 10.2. The lowest BCUT2D eigenvalue weighted by Crippen LogP contribution is -2.02. The Morgan fingerprint density at radius 1 is 1.20 bits per heavy atom. The lowest BCUT2D eigenvalue weighted by molar-refractivity contribution is 0.469. The standard InChI is InChI=1S/C14H15N5O/c15-7-6-12-9-19(18-17-12)10-14-16-8-13(20-14)11-4-2-1-3-5-11/h1-5,8-9H,6-7,10,15H2. The maximum atomic E-state index is 5.72. The average Bonchev–Trinajstić information content (AvgIpc) is 3.11. The highest BCUT2D eigenvalue weighted by Gasteiger charge is 2.08. The van der Waals surface area contributed by atoms with Crippen LogP contribution in [0.15, 0.2) is 47.1 Å². The molecule has 0 saturated carbocycles. The number of hydrogen-bond donors (Lipinski definition) is 1. The minimum Gasteiger partial charge on any atom is -0.439 e. The van der Waals surface area contributed by atoms with Crippen molar-refractivity contribution in [3.05, 3.63) is 54.3 Å². The Hall–Kier alpha value is -2.47. The highest BCUT2D eigenvalue weighted by atomic mass is 16.4. The summed E-state index contributed by atoms with van der Waals surface area (Å²) in [6, 6.07) is 9.87. The van der Waals surface area contributed by atoms with Gasteiger partial charge in [0.1, 0.15) is 6.54 Å². The van der Waals surface area contributed by atoms with Crippen LogP contribution in [0.4, 0.5) is 0 Å². The molecular formula is C14H15N5O. The maximum Gasteiger partial charge on any atom is 0.216 e. The minimum absolute atomic E-state index is 0.463. The molecule has 1 aromatic carbocycles. The topological polar surface area (TPSA) is 82.8 Å². The van der Waals surface area contributed by atoms with E-state index in [1.807, 2.05) is 36.5 Å². The largest absolute Gasteiger partial charge is 0.439 e. The minimum atomic E-state index is 0.463. The van der Waals surface area contributed by atoms with E-state index >= 15 is 0 Å². The van der Waals surface area contributed by atoms with Crippen molar-refractivity contribution in [1.29, 1.82) is 0 Å². The first-order valence-corrected chi connectivity index (χ1v) is 6.44. The van der Waals surface area contributed by atoms with Crippen molar-refractivity contribution in [1.82, 2.24) is 20.0 Å². The molecule has 20 heavy (non-hydrogen) atoms. The van der Waals surface area contributed by atoms with Crippen LogP contribution in [0.3, 0.4) is 0 Å². The van der Waals surface area contributed by atoms with Gasteiger partial charge in [-0.2, -0.15) is 0 Å². The number of hydrogen-bond acceptors (Lipinski definition) is 5. The lowest BCUT2D eigenvalue weighted by Gasteiger charge is -1.96. The second-order valence-electron chi connectivity index (χ2n) is 4.43. The molecule has 0 aliphatic heterocycles. The van der Waals surface area contributed by atoms with Gasteiger partial charge in [0.05, 0.1) is 11.9 Å². The van der Waals surface area contributed by atoms with Crippen molar-refractivity contribution < 1.29 is 4.42 Å². The zero-order chi connectivity index (χ0) is 13.8. The third-order valence-corrected chi connectivity index (χ3v) is 2.90. The molecule has 2 aromatic heterocycles. The van der Waals surface area contributed by atoms with E-state index < -0.39 is 0 Å². The van der Waals surface area contributed by atoms with Gasteiger partial charge < -0.3 is 10.2 Å². The summed E-state index contributed by atoms with van der Waals surface area (Å²) in [6.07, 6.45) is 4.31. The number of aromatic nitrogens is 4. The molecule has 0 bridgehead atoms. The van der Waals surface area contributed by atoms with Gasteiger partial charge in [-0.3, -0.25) is 0 Å². The molecule has 2 heterocycles. The first kappa shape index (κ1) is 12.6. The molecule has 2 N–H and O–H groups in total. The van der Waals surface area contributed by atoms with Crippen LogP contribution < -0.4 is 5.73 Å². The maximum absolute atomic E-state index is 5.72. The Balaban J connectivity index is 1.73. The van der Waals surface area contributed by atoms with Crippen LogP contribution in [0.2, 0.25) is 0 Å². The smallest absolute Gasteiger partial charge is 0.216 e. The molecule has 0 fully saturated rings. The molecule has 0 saturated heterocycles. The summed E-state index contributed by atoms with van der Waals surface area (Å²) in [7, 11) is 0. The number of nitrogens with two attached hydrogens (primary N) is 1. The molecule has 0 radical (unpaired) electrons. The van der Waals surface area contributed by atoms with Crippen molar-refractivity contribution in [2.24, 2.45) is 5.73 Å². The van der Waals surface area contributed by atoms with Gasteiger partial charge >= 0.3 is 0 Å². The van der Waals surface area contributed by atoms with E-state index in [0.29, 0.717) is 19.0 Å². The fourth-order valence-corrected chi connectivity index (χ4v) is 1.94. The van der Waals surface area contributed by atoms with Gasteiger partial charge in [0.25, 0.3) is 0 Å². The molecule has 102 valence electrons. The Labute approximate surface area is 116 Å². The summed E-state index contributed by atoms with van der Waals surface area (Å²) in [5.74, 6) is 1.36. The van der Waals surface area contributed by atoms with Crippen LogP contribution in [0, 0.1) is 0 Å². The van der Waals surface area contributed by atoms with Crippen molar-refractivity contribution in [2.45, 2.75) is 13.0 Å². The van der Waals surface area contributed by atoms with E-state index in [9.17, 15) is 0 Å². The first-order valence-electron chi connectivity index (χ1n) is 6.44. The van der Waals surface area contributed by atoms with Crippen molar-refractivity contribution >= 4 is 0 Å². The molecule has 0 aliphatic rings. The summed E-state index contributed by atoms with van der Waals surface area (Å²) in [5, 5.41) is 8.05. The summed E-state index contributed by atoms with van der Waals surface area (Å²) in [5.41, 5.74) is 7.37. The van der Waals surface area contributed by atoms with Crippen molar-refractivity contribution in [3.8, 4) is 11.3 Å². The van der Waals surface area contributed by atoms with E-state index in [-0.39, 0.29) is 0 Å². The van der Waals surface area contributed by atoms with Gasteiger partial charge in [0, 0.05) is 18.2 Å². The van der Waals surface area contributed by atoms with Crippen LogP contribution in [0.5, 0.6) is 0 Å². The van der Waals surface area contributed by atoms with E-state index in [4.69, 9.17) is 10.2 Å². The summed E-state index contributed by atoms with van der Waals surface area (Å²) >= 11 is 0. The molecular weight excluding hydrogens is 254 g/mol. The number of benzene rings is 1. The first-order chi connectivity index (χ1) is 9.85. The molecule has 0 atom stereocenters. The van der Waals surface area contributed by atoms with Gasteiger partial charge in [-0.05, 0) is 6.54 Å². The average molecular weight is 269 g/mol. The van der Waals surface area contributed by atoms with Gasteiger partial charge in [-0.25, -0.2) is 9.67 Å². The second-order valence-corrected chi connectivity index (χ2v) is 4.43. The highest BCUT2D eigenvalue weighted by molar-refractivity contribution is 5.55. The van der Waals surface area contributed by atoms with Gasteiger partial charge in [-0.15, -0.1) is 5.10 Å². The van der Waals surface area contributed by atoms with Crippen LogP contribution in [-0.2, 0) is 13.0 Å².